The molecule has 0 saturated carbocycles. The summed E-state index contributed by atoms with van der Waals surface area (Å²) in [6.45, 7) is 1.91. The predicted octanol–water partition coefficient (Wildman–Crippen LogP) is 3.05. The zero-order valence-electron chi connectivity index (χ0n) is 12.2. The van der Waals surface area contributed by atoms with Crippen LogP contribution in [0.15, 0.2) is 53.0 Å². The highest BCUT2D eigenvalue weighted by molar-refractivity contribution is 9.10. The molecule has 0 bridgehead atoms. The van der Waals surface area contributed by atoms with Crippen molar-refractivity contribution in [2.45, 2.75) is 13.3 Å². The van der Waals surface area contributed by atoms with E-state index < -0.39 is 0 Å². The van der Waals surface area contributed by atoms with Crippen molar-refractivity contribution in [1.29, 1.82) is 0 Å². The molecule has 5 heteroatoms. The number of carbonyl (C=O) groups excluding carboxylic acids is 2. The molecule has 0 atom stereocenters. The van der Waals surface area contributed by atoms with E-state index in [0.717, 1.165) is 15.6 Å². The van der Waals surface area contributed by atoms with Crippen molar-refractivity contribution >= 4 is 33.4 Å². The minimum absolute atomic E-state index is 0.0496. The van der Waals surface area contributed by atoms with Crippen molar-refractivity contribution in [3.63, 3.8) is 0 Å². The molecular formula is C17H17BrN2O2. The highest BCUT2D eigenvalue weighted by Crippen LogP contribution is 2.20. The van der Waals surface area contributed by atoms with Gasteiger partial charge in [-0.05, 0) is 46.1 Å². The quantitative estimate of drug-likeness (QED) is 0.860. The van der Waals surface area contributed by atoms with Gasteiger partial charge < -0.3 is 10.6 Å². The molecule has 0 spiro atoms. The lowest BCUT2D eigenvalue weighted by Crippen LogP contribution is -2.33. The summed E-state index contributed by atoms with van der Waals surface area (Å²) in [7, 11) is 0. The largest absolute Gasteiger partial charge is 0.347 e. The number of anilines is 1. The molecule has 2 rings (SSSR count). The van der Waals surface area contributed by atoms with Crippen LogP contribution in [0.5, 0.6) is 0 Å². The van der Waals surface area contributed by atoms with Gasteiger partial charge in [0, 0.05) is 4.47 Å². The molecule has 0 unspecified atom stereocenters. The van der Waals surface area contributed by atoms with Gasteiger partial charge in [-0.2, -0.15) is 0 Å². The predicted molar refractivity (Wildman–Crippen MR) is 90.7 cm³/mol. The second-order valence-corrected chi connectivity index (χ2v) is 5.76. The molecule has 0 heterocycles. The highest BCUT2D eigenvalue weighted by Gasteiger charge is 2.09. The Kier molecular flexibility index (Phi) is 5.72. The Hall–Kier alpha value is -2.14. The topological polar surface area (TPSA) is 58.2 Å². The van der Waals surface area contributed by atoms with Gasteiger partial charge in [-0.15, -0.1) is 0 Å². The second-order valence-electron chi connectivity index (χ2n) is 4.91. The molecule has 2 aromatic carbocycles. The fraction of sp³-hybridized carbons (Fsp3) is 0.176. The molecule has 0 fully saturated rings. The van der Waals surface area contributed by atoms with Crippen molar-refractivity contribution in [2.24, 2.45) is 0 Å². The van der Waals surface area contributed by atoms with E-state index in [0.29, 0.717) is 5.69 Å². The van der Waals surface area contributed by atoms with Crippen LogP contribution in [0.25, 0.3) is 0 Å². The number of hydrogen-bond acceptors (Lipinski definition) is 2. The molecule has 0 aliphatic heterocycles. The first-order chi connectivity index (χ1) is 10.6. The van der Waals surface area contributed by atoms with Crippen molar-refractivity contribution < 1.29 is 9.59 Å². The van der Waals surface area contributed by atoms with Gasteiger partial charge in [-0.25, -0.2) is 0 Å². The molecule has 2 N–H and O–H groups in total. The molecule has 22 heavy (non-hydrogen) atoms. The SMILES string of the molecule is Cc1ccccc1CC(=O)NCC(=O)Nc1ccccc1Br. The lowest BCUT2D eigenvalue weighted by atomic mass is 10.1. The molecular weight excluding hydrogens is 344 g/mol. The van der Waals surface area contributed by atoms with Gasteiger partial charge in [0.05, 0.1) is 18.7 Å². The summed E-state index contributed by atoms with van der Waals surface area (Å²) in [5, 5.41) is 5.37. The van der Waals surface area contributed by atoms with Gasteiger partial charge in [0.25, 0.3) is 0 Å². The fourth-order valence-electron chi connectivity index (χ4n) is 1.98. The Morgan fingerprint density at radius 2 is 1.68 bits per heavy atom. The summed E-state index contributed by atoms with van der Waals surface area (Å²) in [5.74, 6) is -0.429. The van der Waals surface area contributed by atoms with Gasteiger partial charge in [0.2, 0.25) is 11.8 Å². The van der Waals surface area contributed by atoms with Gasteiger partial charge in [-0.1, -0.05) is 36.4 Å². The molecule has 0 saturated heterocycles. The van der Waals surface area contributed by atoms with Crippen molar-refractivity contribution in [1.82, 2.24) is 5.32 Å². The summed E-state index contributed by atoms with van der Waals surface area (Å²) in [5.41, 5.74) is 2.71. The number of aryl methyl sites for hydroxylation is 1. The van der Waals surface area contributed by atoms with E-state index in [9.17, 15) is 9.59 Å². The Labute approximate surface area is 138 Å². The van der Waals surface area contributed by atoms with E-state index in [-0.39, 0.29) is 24.8 Å². The number of halogens is 1. The van der Waals surface area contributed by atoms with Crippen LogP contribution in [0.4, 0.5) is 5.69 Å². The first-order valence-electron chi connectivity index (χ1n) is 6.92. The third kappa shape index (κ3) is 4.70. The van der Waals surface area contributed by atoms with E-state index in [1.165, 1.54) is 0 Å². The van der Waals surface area contributed by atoms with E-state index in [1.807, 2.05) is 49.4 Å². The minimum atomic E-state index is -0.259. The number of carbonyl (C=O) groups is 2. The lowest BCUT2D eigenvalue weighted by Gasteiger charge is -2.09. The fourth-order valence-corrected chi connectivity index (χ4v) is 2.36. The molecule has 0 aliphatic carbocycles. The first kappa shape index (κ1) is 16.2. The highest BCUT2D eigenvalue weighted by atomic mass is 79.9. The monoisotopic (exact) mass is 360 g/mol. The first-order valence-corrected chi connectivity index (χ1v) is 7.71. The van der Waals surface area contributed by atoms with Crippen LogP contribution in [0, 0.1) is 6.92 Å². The van der Waals surface area contributed by atoms with E-state index in [4.69, 9.17) is 0 Å². The molecule has 0 radical (unpaired) electrons. The Balaban J connectivity index is 1.82. The van der Waals surface area contributed by atoms with E-state index in [1.54, 1.807) is 6.07 Å². The van der Waals surface area contributed by atoms with Crippen LogP contribution in [0.3, 0.4) is 0 Å². The van der Waals surface area contributed by atoms with E-state index in [2.05, 4.69) is 26.6 Å². The van der Waals surface area contributed by atoms with Gasteiger partial charge in [0.15, 0.2) is 0 Å². The average Bonchev–Trinajstić information content (AvgIpc) is 2.50. The van der Waals surface area contributed by atoms with Gasteiger partial charge in [0.1, 0.15) is 0 Å². The molecule has 4 nitrogen and oxygen atoms in total. The zero-order valence-corrected chi connectivity index (χ0v) is 13.8. The summed E-state index contributed by atoms with van der Waals surface area (Å²) in [6.07, 6.45) is 0.273. The van der Waals surface area contributed by atoms with Crippen molar-refractivity contribution in [2.75, 3.05) is 11.9 Å². The maximum Gasteiger partial charge on any atom is 0.243 e. The Bertz CT molecular complexity index is 626. The smallest absolute Gasteiger partial charge is 0.243 e. The van der Waals surface area contributed by atoms with Crippen LogP contribution in [-0.4, -0.2) is 18.4 Å². The Morgan fingerprint density at radius 1 is 1.00 bits per heavy atom. The molecule has 0 aromatic heterocycles. The van der Waals surface area contributed by atoms with Crippen LogP contribution in [-0.2, 0) is 16.0 Å². The number of rotatable bonds is 5. The summed E-state index contributed by atoms with van der Waals surface area (Å²) >= 11 is 3.35. The van der Waals surface area contributed by atoms with Crippen LogP contribution in [0.2, 0.25) is 0 Å². The number of para-hydroxylation sites is 1. The van der Waals surface area contributed by atoms with Crippen LogP contribution in [0.1, 0.15) is 11.1 Å². The number of amides is 2. The summed E-state index contributed by atoms with van der Waals surface area (Å²) < 4.78 is 0.801. The third-order valence-electron chi connectivity index (χ3n) is 3.21. The molecule has 2 aromatic rings. The normalized spacial score (nSPS) is 10.1. The van der Waals surface area contributed by atoms with Gasteiger partial charge in [-0.3, -0.25) is 9.59 Å². The average molecular weight is 361 g/mol. The molecule has 0 aliphatic rings. The lowest BCUT2D eigenvalue weighted by molar-refractivity contribution is -0.123. The van der Waals surface area contributed by atoms with Crippen molar-refractivity contribution in [3.8, 4) is 0 Å². The summed E-state index contributed by atoms with van der Waals surface area (Å²) in [6, 6.07) is 15.0. The second kappa shape index (κ2) is 7.75. The Morgan fingerprint density at radius 3 is 2.41 bits per heavy atom. The van der Waals surface area contributed by atoms with Crippen molar-refractivity contribution in [3.05, 3.63) is 64.1 Å². The summed E-state index contributed by atoms with van der Waals surface area (Å²) in [4.78, 5) is 23.7. The van der Waals surface area contributed by atoms with Gasteiger partial charge >= 0.3 is 0 Å². The maximum atomic E-state index is 11.9. The zero-order chi connectivity index (χ0) is 15.9. The number of hydrogen-bond donors (Lipinski definition) is 2. The standard InChI is InChI=1S/C17H17BrN2O2/c1-12-6-2-3-7-13(12)10-16(21)19-11-17(22)20-15-9-5-4-8-14(15)18/h2-9H,10-11H2,1H3,(H,19,21)(H,20,22). The molecule has 114 valence electrons. The van der Waals surface area contributed by atoms with Crippen LogP contribution >= 0.6 is 15.9 Å². The molecule has 2 amide bonds. The number of benzene rings is 2. The number of nitrogens with one attached hydrogen (secondary N) is 2. The minimum Gasteiger partial charge on any atom is -0.347 e. The van der Waals surface area contributed by atoms with E-state index >= 15 is 0 Å². The van der Waals surface area contributed by atoms with Crippen LogP contribution < -0.4 is 10.6 Å². The third-order valence-corrected chi connectivity index (χ3v) is 3.90. The maximum absolute atomic E-state index is 11.9.